The lowest BCUT2D eigenvalue weighted by molar-refractivity contribution is -0.116. The van der Waals surface area contributed by atoms with Crippen molar-refractivity contribution in [2.45, 2.75) is 43.3 Å². The zero-order chi connectivity index (χ0) is 36.6. The molecule has 0 radical (unpaired) electrons. The number of thioether (sulfide) groups is 1. The molecule has 0 saturated carbocycles. The molecule has 0 bridgehead atoms. The molecule has 6 rings (SSSR count). The van der Waals surface area contributed by atoms with Gasteiger partial charge in [0.15, 0.2) is 0 Å². The molecule has 0 fully saturated rings. The largest absolute Gasteiger partial charge is 0.465 e. The standard InChI is InChI=1S/C42H39N3O5S2/c1-26-17-20-28(21-18-26)24-34(44-38(46)30-13-8-5-9-14-30)39(47)43-31-15-10-16-32(25-31)51-37(29-11-6-4-7-12-29)40(48)45-41-36(42(49)50-3)33-22-19-27(2)23-35(33)52-41/h4-18,20-21,24-25,27,37H,19,22-23H2,1-3H3,(H,43,47)(H,44,46)(H,45,48)/b34-24+. The Bertz CT molecular complexity index is 2110. The Balaban J connectivity index is 1.25. The number of hydrogen-bond donors (Lipinski definition) is 3. The lowest BCUT2D eigenvalue weighted by Gasteiger charge is -2.18. The molecule has 0 aliphatic heterocycles. The Labute approximate surface area is 311 Å². The lowest BCUT2D eigenvalue weighted by Crippen LogP contribution is -2.30. The summed E-state index contributed by atoms with van der Waals surface area (Å²) in [6.45, 7) is 4.17. The lowest BCUT2D eigenvalue weighted by atomic mass is 9.88. The van der Waals surface area contributed by atoms with E-state index in [2.05, 4.69) is 22.9 Å². The van der Waals surface area contributed by atoms with Crippen LogP contribution in [0.3, 0.4) is 0 Å². The first-order valence-corrected chi connectivity index (χ1v) is 18.7. The molecule has 52 heavy (non-hydrogen) atoms. The average Bonchev–Trinajstić information content (AvgIpc) is 3.51. The van der Waals surface area contributed by atoms with Crippen molar-refractivity contribution >= 4 is 63.6 Å². The van der Waals surface area contributed by atoms with Crippen molar-refractivity contribution in [3.05, 3.63) is 153 Å². The fourth-order valence-electron chi connectivity index (χ4n) is 5.99. The van der Waals surface area contributed by atoms with E-state index in [0.717, 1.165) is 51.3 Å². The molecule has 3 N–H and O–H groups in total. The Kier molecular flexibility index (Phi) is 11.7. The fourth-order valence-corrected chi connectivity index (χ4v) is 8.47. The second-order valence-electron chi connectivity index (χ2n) is 12.7. The number of aryl methyl sites for hydroxylation is 1. The number of benzene rings is 4. The van der Waals surface area contributed by atoms with Gasteiger partial charge in [-0.15, -0.1) is 23.1 Å². The highest BCUT2D eigenvalue weighted by molar-refractivity contribution is 8.00. The van der Waals surface area contributed by atoms with Crippen LogP contribution in [0.5, 0.6) is 0 Å². The molecule has 264 valence electrons. The maximum absolute atomic E-state index is 14.1. The van der Waals surface area contributed by atoms with Gasteiger partial charge in [-0.3, -0.25) is 14.4 Å². The summed E-state index contributed by atoms with van der Waals surface area (Å²) in [5, 5.41) is 8.60. The maximum atomic E-state index is 14.1. The summed E-state index contributed by atoms with van der Waals surface area (Å²) >= 11 is 2.77. The van der Waals surface area contributed by atoms with Crippen molar-refractivity contribution < 1.29 is 23.9 Å². The van der Waals surface area contributed by atoms with Crippen LogP contribution >= 0.6 is 23.1 Å². The maximum Gasteiger partial charge on any atom is 0.341 e. The van der Waals surface area contributed by atoms with Crippen LogP contribution in [0.4, 0.5) is 10.7 Å². The van der Waals surface area contributed by atoms with Crippen LogP contribution in [0, 0.1) is 12.8 Å². The smallest absolute Gasteiger partial charge is 0.341 e. The van der Waals surface area contributed by atoms with Crippen molar-refractivity contribution in [3.8, 4) is 0 Å². The predicted molar refractivity (Wildman–Crippen MR) is 209 cm³/mol. The van der Waals surface area contributed by atoms with Crippen LogP contribution in [0.25, 0.3) is 6.08 Å². The van der Waals surface area contributed by atoms with Gasteiger partial charge in [-0.1, -0.05) is 91.3 Å². The van der Waals surface area contributed by atoms with Crippen molar-refractivity contribution in [2.75, 3.05) is 17.7 Å². The summed E-state index contributed by atoms with van der Waals surface area (Å²) in [6, 6.07) is 33.0. The highest BCUT2D eigenvalue weighted by Crippen LogP contribution is 2.42. The number of rotatable bonds is 11. The van der Waals surface area contributed by atoms with Gasteiger partial charge in [-0.25, -0.2) is 4.79 Å². The van der Waals surface area contributed by atoms with Crippen LogP contribution in [0.2, 0.25) is 0 Å². The zero-order valence-electron chi connectivity index (χ0n) is 29.1. The highest BCUT2D eigenvalue weighted by Gasteiger charge is 2.31. The van der Waals surface area contributed by atoms with E-state index in [4.69, 9.17) is 4.74 Å². The normalized spacial score (nSPS) is 14.4. The Morgan fingerprint density at radius 2 is 1.60 bits per heavy atom. The molecule has 2 atom stereocenters. The number of thiophene rings is 1. The third-order valence-corrected chi connectivity index (χ3v) is 11.2. The molecule has 8 nitrogen and oxygen atoms in total. The average molecular weight is 730 g/mol. The molecule has 3 amide bonds. The van der Waals surface area contributed by atoms with Crippen LogP contribution in [-0.2, 0) is 27.2 Å². The van der Waals surface area contributed by atoms with Crippen LogP contribution in [-0.4, -0.2) is 30.8 Å². The minimum atomic E-state index is -0.683. The highest BCUT2D eigenvalue weighted by atomic mass is 32.2. The van der Waals surface area contributed by atoms with E-state index in [1.165, 1.54) is 30.2 Å². The fraction of sp³-hybridized carbons (Fsp3) is 0.190. The monoisotopic (exact) mass is 729 g/mol. The number of fused-ring (bicyclic) bond motifs is 1. The first-order valence-electron chi connectivity index (χ1n) is 17.0. The van der Waals surface area contributed by atoms with E-state index in [9.17, 15) is 19.2 Å². The first-order chi connectivity index (χ1) is 25.2. The van der Waals surface area contributed by atoms with E-state index in [0.29, 0.717) is 27.7 Å². The summed E-state index contributed by atoms with van der Waals surface area (Å²) < 4.78 is 5.14. The number of carbonyl (C=O) groups is 4. The van der Waals surface area contributed by atoms with Gasteiger partial charge in [0.05, 0.1) is 12.7 Å². The first kappa shape index (κ1) is 36.3. The number of amides is 3. The summed E-state index contributed by atoms with van der Waals surface area (Å²) in [5.41, 5.74) is 4.99. The Morgan fingerprint density at radius 3 is 2.31 bits per heavy atom. The molecule has 1 aliphatic carbocycles. The number of hydrogen-bond acceptors (Lipinski definition) is 7. The molecule has 10 heteroatoms. The number of methoxy groups -OCH3 is 1. The van der Waals surface area contributed by atoms with E-state index >= 15 is 0 Å². The number of ether oxygens (including phenoxy) is 1. The molecule has 0 saturated heterocycles. The van der Waals surface area contributed by atoms with Crippen LogP contribution < -0.4 is 16.0 Å². The number of nitrogens with one attached hydrogen (secondary N) is 3. The molecule has 2 unspecified atom stereocenters. The molecule has 1 aliphatic rings. The van der Waals surface area contributed by atoms with Gasteiger partial charge >= 0.3 is 5.97 Å². The Morgan fingerprint density at radius 1 is 0.885 bits per heavy atom. The van der Waals surface area contributed by atoms with Gasteiger partial charge < -0.3 is 20.7 Å². The minimum Gasteiger partial charge on any atom is -0.465 e. The second kappa shape index (κ2) is 16.7. The van der Waals surface area contributed by atoms with Crippen molar-refractivity contribution in [1.82, 2.24) is 5.32 Å². The molecule has 4 aromatic carbocycles. The minimum absolute atomic E-state index is 0.0757. The number of anilines is 2. The van der Waals surface area contributed by atoms with Gasteiger partial charge in [0.25, 0.3) is 11.8 Å². The van der Waals surface area contributed by atoms with Crippen molar-refractivity contribution in [3.63, 3.8) is 0 Å². The van der Waals surface area contributed by atoms with E-state index in [1.54, 1.807) is 48.5 Å². The molecular formula is C42H39N3O5S2. The van der Waals surface area contributed by atoms with Crippen molar-refractivity contribution in [1.29, 1.82) is 0 Å². The zero-order valence-corrected chi connectivity index (χ0v) is 30.7. The summed E-state index contributed by atoms with van der Waals surface area (Å²) in [6.07, 6.45) is 4.22. The predicted octanol–water partition coefficient (Wildman–Crippen LogP) is 8.85. The van der Waals surface area contributed by atoms with E-state index in [-0.39, 0.29) is 11.6 Å². The number of esters is 1. The van der Waals surface area contributed by atoms with E-state index < -0.39 is 23.0 Å². The molecule has 5 aromatic rings. The van der Waals surface area contributed by atoms with Gasteiger partial charge in [-0.05, 0) is 85.2 Å². The quantitative estimate of drug-likeness (QED) is 0.0712. The van der Waals surface area contributed by atoms with Gasteiger partial charge in [0.1, 0.15) is 15.9 Å². The molecule has 1 aromatic heterocycles. The Hall–Kier alpha value is -5.45. The molecule has 0 spiro atoms. The molecular weight excluding hydrogens is 691 g/mol. The second-order valence-corrected chi connectivity index (χ2v) is 15.0. The number of carbonyl (C=O) groups excluding carboxylic acids is 4. The van der Waals surface area contributed by atoms with Gasteiger partial charge in [0.2, 0.25) is 5.91 Å². The van der Waals surface area contributed by atoms with Gasteiger partial charge in [-0.2, -0.15) is 0 Å². The third-order valence-electron chi connectivity index (χ3n) is 8.74. The van der Waals surface area contributed by atoms with Crippen LogP contribution in [0.15, 0.2) is 120 Å². The SMILES string of the molecule is COC(=O)c1c(NC(=O)C(Sc2cccc(NC(=O)/C(=C\c3ccc(C)cc3)NC(=O)c3ccccc3)c2)c2ccccc2)sc2c1CCC(C)C2. The summed E-state index contributed by atoms with van der Waals surface area (Å²) in [7, 11) is 1.36. The van der Waals surface area contributed by atoms with E-state index in [1.807, 2.05) is 73.7 Å². The summed E-state index contributed by atoms with van der Waals surface area (Å²) in [4.78, 5) is 55.8. The van der Waals surface area contributed by atoms with Crippen molar-refractivity contribution in [2.24, 2.45) is 5.92 Å². The third kappa shape index (κ3) is 8.88. The molecule has 1 heterocycles. The topological polar surface area (TPSA) is 114 Å². The van der Waals surface area contributed by atoms with Gasteiger partial charge in [0, 0.05) is 21.0 Å². The van der Waals surface area contributed by atoms with Crippen LogP contribution in [0.1, 0.15) is 66.4 Å². The summed E-state index contributed by atoms with van der Waals surface area (Å²) in [5.74, 6) is -1.16.